The second-order valence-corrected chi connectivity index (χ2v) is 6.64. The lowest BCUT2D eigenvalue weighted by Gasteiger charge is -2.17. The zero-order valence-corrected chi connectivity index (χ0v) is 12.8. The zero-order chi connectivity index (χ0) is 15.6. The number of hydrogen-bond acceptors (Lipinski definition) is 5. The predicted octanol–water partition coefficient (Wildman–Crippen LogP) is 1.25. The fraction of sp³-hybridized carbons (Fsp3) is 0.308. The van der Waals surface area contributed by atoms with Crippen LogP contribution in [0.4, 0.5) is 0 Å². The molecule has 2 rings (SSSR count). The third kappa shape index (κ3) is 3.01. The largest absolute Gasteiger partial charge is 0.504 e. The van der Waals surface area contributed by atoms with E-state index in [9.17, 15) is 13.5 Å². The van der Waals surface area contributed by atoms with Crippen LogP contribution in [0.5, 0.6) is 11.5 Å². The summed E-state index contributed by atoms with van der Waals surface area (Å²) in [6.07, 6.45) is 1.29. The Morgan fingerprint density at radius 2 is 2.14 bits per heavy atom. The predicted molar refractivity (Wildman–Crippen MR) is 76.6 cm³/mol. The molecular weight excluding hydrogens is 294 g/mol. The van der Waals surface area contributed by atoms with Crippen molar-refractivity contribution in [2.24, 2.45) is 0 Å². The third-order valence-electron chi connectivity index (χ3n) is 3.12. The number of phenolic OH excluding ortho intramolecular Hbond substituents is 1. The van der Waals surface area contributed by atoms with E-state index in [4.69, 9.17) is 4.74 Å². The quantitative estimate of drug-likeness (QED) is 0.866. The van der Waals surface area contributed by atoms with Crippen LogP contribution >= 0.6 is 0 Å². The molecule has 0 saturated heterocycles. The number of phenols is 1. The molecule has 0 amide bonds. The Hall–Kier alpha value is -2.06. The average molecular weight is 311 g/mol. The summed E-state index contributed by atoms with van der Waals surface area (Å²) in [5, 5.41) is 15.9. The molecule has 0 saturated carbocycles. The van der Waals surface area contributed by atoms with Gasteiger partial charge >= 0.3 is 0 Å². The molecule has 0 unspecified atom stereocenters. The third-order valence-corrected chi connectivity index (χ3v) is 5.04. The van der Waals surface area contributed by atoms with Crippen LogP contribution in [0.3, 0.4) is 0 Å². The highest BCUT2D eigenvalue weighted by Gasteiger charge is 2.24. The monoisotopic (exact) mass is 311 g/mol. The summed E-state index contributed by atoms with van der Waals surface area (Å²) < 4.78 is 31.1. The summed E-state index contributed by atoms with van der Waals surface area (Å²) in [7, 11) is -0.692. The van der Waals surface area contributed by atoms with Gasteiger partial charge in [-0.3, -0.25) is 5.10 Å². The van der Waals surface area contributed by atoms with Gasteiger partial charge in [0, 0.05) is 13.6 Å². The van der Waals surface area contributed by atoms with Crippen LogP contribution in [0, 0.1) is 6.92 Å². The number of aromatic hydroxyl groups is 1. The van der Waals surface area contributed by atoms with Crippen LogP contribution in [-0.4, -0.2) is 42.2 Å². The standard InChI is InChI=1S/C13H17N3O4S/c1-9-13(7-14-15-9)21(18,19)16(2)8-10-4-5-11(17)12(6-10)20-3/h4-7,17H,8H2,1-3H3,(H,14,15). The molecule has 1 aromatic carbocycles. The number of aromatic amines is 1. The molecule has 114 valence electrons. The molecule has 0 fully saturated rings. The van der Waals surface area contributed by atoms with E-state index in [0.29, 0.717) is 17.0 Å². The maximum atomic E-state index is 12.4. The topological polar surface area (TPSA) is 95.5 Å². The molecule has 0 spiro atoms. The highest BCUT2D eigenvalue weighted by molar-refractivity contribution is 7.89. The first-order valence-corrected chi connectivity index (χ1v) is 7.62. The van der Waals surface area contributed by atoms with Gasteiger partial charge in [-0.05, 0) is 24.6 Å². The van der Waals surface area contributed by atoms with Crippen molar-refractivity contribution in [3.8, 4) is 11.5 Å². The second kappa shape index (κ2) is 5.74. The minimum Gasteiger partial charge on any atom is -0.504 e. The first kappa shape index (κ1) is 15.3. The van der Waals surface area contributed by atoms with E-state index in [1.807, 2.05) is 0 Å². The highest BCUT2D eigenvalue weighted by atomic mass is 32.2. The van der Waals surface area contributed by atoms with Crippen molar-refractivity contribution in [3.05, 3.63) is 35.7 Å². The van der Waals surface area contributed by atoms with Crippen molar-refractivity contribution in [1.82, 2.24) is 14.5 Å². The number of nitrogens with zero attached hydrogens (tertiary/aromatic N) is 2. The van der Waals surface area contributed by atoms with Gasteiger partial charge in [0.1, 0.15) is 4.90 Å². The summed E-state index contributed by atoms with van der Waals surface area (Å²) >= 11 is 0. The first-order chi connectivity index (χ1) is 9.86. The number of aromatic nitrogens is 2. The summed E-state index contributed by atoms with van der Waals surface area (Å²) in [6.45, 7) is 1.81. The summed E-state index contributed by atoms with van der Waals surface area (Å²) in [5.74, 6) is 0.315. The van der Waals surface area contributed by atoms with Crippen molar-refractivity contribution < 1.29 is 18.3 Å². The minimum absolute atomic E-state index is 0.0115. The summed E-state index contributed by atoms with van der Waals surface area (Å²) in [5.41, 5.74) is 1.20. The van der Waals surface area contributed by atoms with Gasteiger partial charge in [-0.15, -0.1) is 0 Å². The molecule has 0 bridgehead atoms. The molecule has 0 aliphatic carbocycles. The fourth-order valence-corrected chi connectivity index (χ4v) is 3.20. The van der Waals surface area contributed by atoms with Gasteiger partial charge in [0.2, 0.25) is 10.0 Å². The minimum atomic E-state index is -3.62. The number of aryl methyl sites for hydroxylation is 1. The molecular formula is C13H17N3O4S. The van der Waals surface area contributed by atoms with Gasteiger partial charge in [0.15, 0.2) is 11.5 Å². The molecule has 0 aliphatic heterocycles. The Kier molecular flexibility index (Phi) is 4.19. The van der Waals surface area contributed by atoms with Crippen molar-refractivity contribution >= 4 is 10.0 Å². The van der Waals surface area contributed by atoms with Crippen molar-refractivity contribution in [2.45, 2.75) is 18.4 Å². The lowest BCUT2D eigenvalue weighted by molar-refractivity contribution is 0.372. The lowest BCUT2D eigenvalue weighted by atomic mass is 10.2. The normalized spacial score (nSPS) is 11.8. The van der Waals surface area contributed by atoms with Gasteiger partial charge in [0.25, 0.3) is 0 Å². The van der Waals surface area contributed by atoms with E-state index >= 15 is 0 Å². The Labute approximate surface area is 123 Å². The van der Waals surface area contributed by atoms with E-state index in [1.165, 1.54) is 30.7 Å². The number of benzene rings is 1. The maximum Gasteiger partial charge on any atom is 0.246 e. The van der Waals surface area contributed by atoms with Crippen molar-refractivity contribution in [1.29, 1.82) is 0 Å². The van der Waals surface area contributed by atoms with E-state index in [1.54, 1.807) is 19.1 Å². The highest BCUT2D eigenvalue weighted by Crippen LogP contribution is 2.27. The molecule has 21 heavy (non-hydrogen) atoms. The number of rotatable bonds is 5. The number of methoxy groups -OCH3 is 1. The lowest BCUT2D eigenvalue weighted by Crippen LogP contribution is -2.26. The number of nitrogens with one attached hydrogen (secondary N) is 1. The average Bonchev–Trinajstić information content (AvgIpc) is 2.87. The fourth-order valence-electron chi connectivity index (χ4n) is 1.93. The Bertz CT molecular complexity index is 740. The first-order valence-electron chi connectivity index (χ1n) is 6.18. The van der Waals surface area contributed by atoms with E-state index < -0.39 is 10.0 Å². The Morgan fingerprint density at radius 3 is 2.71 bits per heavy atom. The van der Waals surface area contributed by atoms with Gasteiger partial charge in [-0.2, -0.15) is 9.40 Å². The van der Waals surface area contributed by atoms with E-state index in [2.05, 4.69) is 10.2 Å². The number of hydrogen-bond donors (Lipinski definition) is 2. The molecule has 0 radical (unpaired) electrons. The van der Waals surface area contributed by atoms with Crippen LogP contribution < -0.4 is 4.74 Å². The number of H-pyrrole nitrogens is 1. The van der Waals surface area contributed by atoms with Gasteiger partial charge in [-0.1, -0.05) is 6.07 Å². The van der Waals surface area contributed by atoms with Crippen LogP contribution in [-0.2, 0) is 16.6 Å². The van der Waals surface area contributed by atoms with E-state index in [0.717, 1.165) is 0 Å². The van der Waals surface area contributed by atoms with Gasteiger partial charge in [-0.25, -0.2) is 8.42 Å². The van der Waals surface area contributed by atoms with Crippen molar-refractivity contribution in [2.75, 3.05) is 14.2 Å². The molecule has 2 aromatic rings. The number of ether oxygens (including phenoxy) is 1. The molecule has 1 aromatic heterocycles. The Balaban J connectivity index is 2.26. The van der Waals surface area contributed by atoms with Gasteiger partial charge < -0.3 is 9.84 Å². The van der Waals surface area contributed by atoms with E-state index in [-0.39, 0.29) is 17.2 Å². The SMILES string of the molecule is COc1cc(CN(C)S(=O)(=O)c2cn[nH]c2C)ccc1O. The second-order valence-electron chi connectivity index (χ2n) is 4.63. The van der Waals surface area contributed by atoms with Crippen molar-refractivity contribution in [3.63, 3.8) is 0 Å². The summed E-state index contributed by atoms with van der Waals surface area (Å²) in [6, 6.07) is 4.72. The Morgan fingerprint density at radius 1 is 1.43 bits per heavy atom. The molecule has 8 heteroatoms. The molecule has 7 nitrogen and oxygen atoms in total. The van der Waals surface area contributed by atoms with Crippen LogP contribution in [0.25, 0.3) is 0 Å². The van der Waals surface area contributed by atoms with Gasteiger partial charge in [0.05, 0.1) is 19.0 Å². The maximum absolute atomic E-state index is 12.4. The zero-order valence-electron chi connectivity index (χ0n) is 12.0. The van der Waals surface area contributed by atoms with Crippen LogP contribution in [0.15, 0.2) is 29.3 Å². The molecule has 0 aliphatic rings. The van der Waals surface area contributed by atoms with Crippen LogP contribution in [0.2, 0.25) is 0 Å². The molecule has 2 N–H and O–H groups in total. The molecule has 1 heterocycles. The van der Waals surface area contributed by atoms with Crippen LogP contribution in [0.1, 0.15) is 11.3 Å². The number of sulfonamides is 1. The summed E-state index contributed by atoms with van der Waals surface area (Å²) in [4.78, 5) is 0.149. The molecule has 0 atom stereocenters. The smallest absolute Gasteiger partial charge is 0.246 e.